The molecule has 2 amide bonds. The molecule has 1 aliphatic rings. The quantitative estimate of drug-likeness (QED) is 0.266. The maximum Gasteiger partial charge on any atom is 0.436 e. The summed E-state index contributed by atoms with van der Waals surface area (Å²) in [5.74, 6) is -0.590. The SMILES string of the molecule is COC(=O)C[C@@H](CCc1cccnc1)NC(=O)CC1CC(c2ccc(/C(N)=N\C(=O)OC(C)(C)C)cc2)=NO1. The van der Waals surface area contributed by atoms with Crippen LogP contribution in [0.15, 0.2) is 58.9 Å². The Morgan fingerprint density at radius 1 is 1.21 bits per heavy atom. The predicted octanol–water partition coefficient (Wildman–Crippen LogP) is 3.29. The monoisotopic (exact) mass is 537 g/mol. The third-order valence-corrected chi connectivity index (χ3v) is 5.78. The minimum Gasteiger partial charge on any atom is -0.469 e. The van der Waals surface area contributed by atoms with Gasteiger partial charge >= 0.3 is 12.1 Å². The molecular formula is C28H35N5O6. The molecule has 1 aliphatic heterocycles. The van der Waals surface area contributed by atoms with E-state index in [1.807, 2.05) is 12.1 Å². The summed E-state index contributed by atoms with van der Waals surface area (Å²) in [6.07, 6.45) is 4.08. The fraction of sp³-hybridized carbons (Fsp3) is 0.429. The van der Waals surface area contributed by atoms with Gasteiger partial charge < -0.3 is 25.4 Å². The van der Waals surface area contributed by atoms with Crippen molar-refractivity contribution in [2.75, 3.05) is 7.11 Å². The number of nitrogens with zero attached hydrogens (tertiary/aromatic N) is 3. The standard InChI is InChI=1S/C28H35N5O6/c1-28(2,3)38-27(36)32-26(29)20-10-8-19(9-11-20)23-15-22(39-33-23)16-24(34)31-21(14-25(35)37-4)12-7-18-6-5-13-30-17-18/h5-6,8-11,13,17,21-22H,7,12,14-16H2,1-4H3,(H,31,34)(H2,29,32,36)/t21-,22?/m1/s1. The molecule has 0 radical (unpaired) electrons. The van der Waals surface area contributed by atoms with Gasteiger partial charge in [0.15, 0.2) is 0 Å². The number of aromatic nitrogens is 1. The Kier molecular flexibility index (Phi) is 10.1. The maximum atomic E-state index is 12.8. The summed E-state index contributed by atoms with van der Waals surface area (Å²) in [4.78, 5) is 49.9. The Morgan fingerprint density at radius 3 is 2.59 bits per heavy atom. The smallest absolute Gasteiger partial charge is 0.436 e. The van der Waals surface area contributed by atoms with Crippen LogP contribution in [0.4, 0.5) is 4.79 Å². The molecule has 1 unspecified atom stereocenters. The molecule has 39 heavy (non-hydrogen) atoms. The molecule has 1 aromatic carbocycles. The van der Waals surface area contributed by atoms with Crippen molar-refractivity contribution in [2.24, 2.45) is 15.9 Å². The van der Waals surface area contributed by atoms with Crippen LogP contribution in [0.2, 0.25) is 0 Å². The number of nitrogens with one attached hydrogen (secondary N) is 1. The second-order valence-electron chi connectivity index (χ2n) is 10.2. The molecule has 0 saturated carbocycles. The first-order valence-electron chi connectivity index (χ1n) is 12.7. The first kappa shape index (κ1) is 29.3. The number of nitrogens with two attached hydrogens (primary N) is 1. The average molecular weight is 538 g/mol. The zero-order valence-corrected chi connectivity index (χ0v) is 22.7. The van der Waals surface area contributed by atoms with Crippen LogP contribution in [0.5, 0.6) is 0 Å². The number of amides is 2. The molecule has 11 nitrogen and oxygen atoms in total. The fourth-order valence-corrected chi connectivity index (χ4v) is 3.88. The van der Waals surface area contributed by atoms with E-state index in [0.717, 1.165) is 11.1 Å². The zero-order valence-electron chi connectivity index (χ0n) is 22.7. The van der Waals surface area contributed by atoms with E-state index in [1.54, 1.807) is 57.4 Å². The lowest BCUT2D eigenvalue weighted by Gasteiger charge is -2.18. The summed E-state index contributed by atoms with van der Waals surface area (Å²) >= 11 is 0. The van der Waals surface area contributed by atoms with E-state index < -0.39 is 23.8 Å². The molecule has 208 valence electrons. The van der Waals surface area contributed by atoms with Gasteiger partial charge in [-0.1, -0.05) is 35.5 Å². The molecule has 2 heterocycles. The van der Waals surface area contributed by atoms with Crippen molar-refractivity contribution in [3.63, 3.8) is 0 Å². The highest BCUT2D eigenvalue weighted by molar-refractivity contribution is 6.05. The van der Waals surface area contributed by atoms with Gasteiger partial charge in [0, 0.05) is 30.4 Å². The number of carbonyl (C=O) groups excluding carboxylic acids is 3. The van der Waals surface area contributed by atoms with Gasteiger partial charge in [-0.05, 0) is 50.8 Å². The maximum absolute atomic E-state index is 12.8. The number of ether oxygens (including phenoxy) is 2. The number of hydrogen-bond donors (Lipinski definition) is 2. The van der Waals surface area contributed by atoms with Gasteiger partial charge in [0.25, 0.3) is 0 Å². The van der Waals surface area contributed by atoms with Crippen molar-refractivity contribution in [2.45, 2.75) is 70.6 Å². The summed E-state index contributed by atoms with van der Waals surface area (Å²) in [5, 5.41) is 7.07. The van der Waals surface area contributed by atoms with E-state index in [2.05, 4.69) is 20.4 Å². The molecule has 0 bridgehead atoms. The lowest BCUT2D eigenvalue weighted by atomic mass is 10.0. The van der Waals surface area contributed by atoms with Crippen LogP contribution in [0.25, 0.3) is 0 Å². The highest BCUT2D eigenvalue weighted by atomic mass is 16.6. The van der Waals surface area contributed by atoms with E-state index in [9.17, 15) is 14.4 Å². The van der Waals surface area contributed by atoms with E-state index >= 15 is 0 Å². The van der Waals surface area contributed by atoms with E-state index in [-0.39, 0.29) is 30.6 Å². The van der Waals surface area contributed by atoms with Crippen LogP contribution in [0.1, 0.15) is 63.1 Å². The number of rotatable bonds is 10. The number of methoxy groups -OCH3 is 1. The van der Waals surface area contributed by atoms with Crippen LogP contribution in [0, 0.1) is 0 Å². The Hall–Kier alpha value is -4.28. The van der Waals surface area contributed by atoms with Crippen molar-refractivity contribution >= 4 is 29.5 Å². The van der Waals surface area contributed by atoms with Crippen molar-refractivity contribution in [1.82, 2.24) is 10.3 Å². The van der Waals surface area contributed by atoms with Crippen molar-refractivity contribution in [1.29, 1.82) is 0 Å². The molecule has 2 atom stereocenters. The van der Waals surface area contributed by atoms with Gasteiger partial charge in [0.2, 0.25) is 5.91 Å². The third kappa shape index (κ3) is 9.84. The predicted molar refractivity (Wildman–Crippen MR) is 145 cm³/mol. The van der Waals surface area contributed by atoms with E-state index in [1.165, 1.54) is 7.11 Å². The number of aryl methyl sites for hydroxylation is 1. The number of hydrogen-bond acceptors (Lipinski definition) is 8. The number of esters is 1. The van der Waals surface area contributed by atoms with Gasteiger partial charge in [0.1, 0.15) is 17.5 Å². The molecular weight excluding hydrogens is 502 g/mol. The fourth-order valence-electron chi connectivity index (χ4n) is 3.88. The molecule has 0 saturated heterocycles. The van der Waals surface area contributed by atoms with Crippen LogP contribution >= 0.6 is 0 Å². The summed E-state index contributed by atoms with van der Waals surface area (Å²) in [6, 6.07) is 10.4. The second-order valence-corrected chi connectivity index (χ2v) is 10.2. The molecule has 2 aromatic rings. The largest absolute Gasteiger partial charge is 0.469 e. The second kappa shape index (κ2) is 13.5. The Bertz CT molecular complexity index is 1210. The number of oxime groups is 1. The minimum atomic E-state index is -0.760. The van der Waals surface area contributed by atoms with Crippen LogP contribution < -0.4 is 11.1 Å². The Morgan fingerprint density at radius 2 is 1.95 bits per heavy atom. The highest BCUT2D eigenvalue weighted by Crippen LogP contribution is 2.20. The first-order chi connectivity index (χ1) is 18.5. The van der Waals surface area contributed by atoms with Crippen molar-refractivity contribution in [3.8, 4) is 0 Å². The van der Waals surface area contributed by atoms with Gasteiger partial charge in [-0.15, -0.1) is 0 Å². The lowest BCUT2D eigenvalue weighted by Crippen LogP contribution is -2.38. The number of benzene rings is 1. The third-order valence-electron chi connectivity index (χ3n) is 5.78. The molecule has 0 aliphatic carbocycles. The summed E-state index contributed by atoms with van der Waals surface area (Å²) in [7, 11) is 1.32. The Balaban J connectivity index is 1.52. The number of aliphatic imine (C=N–C) groups is 1. The molecule has 3 N–H and O–H groups in total. The van der Waals surface area contributed by atoms with Gasteiger partial charge in [-0.2, -0.15) is 4.99 Å². The van der Waals surface area contributed by atoms with E-state index in [4.69, 9.17) is 20.0 Å². The number of carbonyl (C=O) groups is 3. The first-order valence-corrected chi connectivity index (χ1v) is 12.7. The molecule has 11 heteroatoms. The lowest BCUT2D eigenvalue weighted by molar-refractivity contribution is -0.141. The van der Waals surface area contributed by atoms with Crippen LogP contribution in [0.3, 0.4) is 0 Å². The van der Waals surface area contributed by atoms with Gasteiger partial charge in [-0.3, -0.25) is 14.6 Å². The minimum absolute atomic E-state index is 0.0417. The number of amidine groups is 1. The molecule has 1 aromatic heterocycles. The Labute approximate surface area is 227 Å². The normalized spacial score (nSPS) is 16.1. The summed E-state index contributed by atoms with van der Waals surface area (Å²) < 4.78 is 9.95. The van der Waals surface area contributed by atoms with Crippen molar-refractivity contribution in [3.05, 3.63) is 65.5 Å². The zero-order chi connectivity index (χ0) is 28.4. The molecule has 0 spiro atoms. The van der Waals surface area contributed by atoms with Gasteiger partial charge in [-0.25, -0.2) is 4.79 Å². The molecule has 0 fully saturated rings. The average Bonchev–Trinajstić information content (AvgIpc) is 3.35. The van der Waals surface area contributed by atoms with Gasteiger partial charge in [0.05, 0.1) is 25.7 Å². The van der Waals surface area contributed by atoms with Crippen LogP contribution in [-0.4, -0.2) is 59.4 Å². The number of pyridine rings is 1. The van der Waals surface area contributed by atoms with Crippen LogP contribution in [-0.2, 0) is 30.3 Å². The highest BCUT2D eigenvalue weighted by Gasteiger charge is 2.26. The summed E-state index contributed by atoms with van der Waals surface area (Å²) in [5.41, 5.74) is 8.34. The topological polar surface area (TPSA) is 155 Å². The van der Waals surface area contributed by atoms with Crippen molar-refractivity contribution < 1.29 is 28.7 Å². The summed E-state index contributed by atoms with van der Waals surface area (Å²) in [6.45, 7) is 5.24. The van der Waals surface area contributed by atoms with E-state index in [0.29, 0.717) is 30.5 Å². The molecule has 3 rings (SSSR count).